The van der Waals surface area contributed by atoms with Gasteiger partial charge in [0.25, 0.3) is 0 Å². The van der Waals surface area contributed by atoms with E-state index < -0.39 is 5.97 Å². The van der Waals surface area contributed by atoms with E-state index in [9.17, 15) is 4.79 Å². The van der Waals surface area contributed by atoms with Gasteiger partial charge in [-0.05, 0) is 12.1 Å². The van der Waals surface area contributed by atoms with Crippen LogP contribution < -0.4 is 0 Å². The molecule has 0 saturated carbocycles. The lowest BCUT2D eigenvalue weighted by molar-refractivity contribution is -0.145. The van der Waals surface area contributed by atoms with Crippen molar-refractivity contribution < 1.29 is 14.3 Å². The molecular formula is C12H12O3. The molecule has 3 heteroatoms. The van der Waals surface area contributed by atoms with E-state index in [2.05, 4.69) is 16.6 Å². The normalized spacial score (nSPS) is 8.87. The van der Waals surface area contributed by atoms with E-state index in [-0.39, 0.29) is 13.2 Å². The number of carbonyl (C=O) groups is 1. The lowest BCUT2D eigenvalue weighted by atomic mass is 10.2. The van der Waals surface area contributed by atoms with Crippen LogP contribution in [0, 0.1) is 11.8 Å². The fraction of sp³-hybridized carbons (Fsp3) is 0.250. The van der Waals surface area contributed by atoms with Crippen LogP contribution in [0.5, 0.6) is 0 Å². The molecule has 0 saturated heterocycles. The molecule has 15 heavy (non-hydrogen) atoms. The van der Waals surface area contributed by atoms with Crippen LogP contribution in [0.2, 0.25) is 0 Å². The van der Waals surface area contributed by atoms with E-state index in [1.54, 1.807) is 0 Å². The number of methoxy groups -OCH3 is 1. The van der Waals surface area contributed by atoms with Crippen LogP contribution in [0.3, 0.4) is 0 Å². The molecule has 0 aliphatic rings. The summed E-state index contributed by atoms with van der Waals surface area (Å²) in [6.45, 7) is 0.171. The maximum Gasteiger partial charge on any atom is 0.331 e. The van der Waals surface area contributed by atoms with Gasteiger partial charge in [-0.3, -0.25) is 0 Å². The van der Waals surface area contributed by atoms with Gasteiger partial charge < -0.3 is 9.47 Å². The minimum absolute atomic E-state index is 0.0556. The van der Waals surface area contributed by atoms with Gasteiger partial charge in [-0.15, -0.1) is 0 Å². The first-order chi connectivity index (χ1) is 7.33. The van der Waals surface area contributed by atoms with Crippen LogP contribution in [0.1, 0.15) is 5.56 Å². The van der Waals surface area contributed by atoms with Crippen molar-refractivity contribution in [1.29, 1.82) is 0 Å². The fourth-order valence-electron chi connectivity index (χ4n) is 0.904. The van der Waals surface area contributed by atoms with Crippen LogP contribution in [-0.2, 0) is 14.3 Å². The average molecular weight is 204 g/mol. The number of hydrogen-bond donors (Lipinski definition) is 0. The Morgan fingerprint density at radius 3 is 2.73 bits per heavy atom. The molecule has 0 unspecified atom stereocenters. The summed E-state index contributed by atoms with van der Waals surface area (Å²) in [6.07, 6.45) is 0. The summed E-state index contributed by atoms with van der Waals surface area (Å²) in [7, 11) is 1.32. The molecule has 3 nitrogen and oxygen atoms in total. The molecule has 0 aliphatic heterocycles. The molecule has 1 aromatic rings. The molecule has 0 N–H and O–H groups in total. The van der Waals surface area contributed by atoms with Crippen LogP contribution >= 0.6 is 0 Å². The highest BCUT2D eigenvalue weighted by Gasteiger charge is 1.96. The Bertz CT molecular complexity index is 359. The zero-order chi connectivity index (χ0) is 10.9. The van der Waals surface area contributed by atoms with Crippen molar-refractivity contribution in [3.63, 3.8) is 0 Å². The van der Waals surface area contributed by atoms with Gasteiger partial charge in [-0.25, -0.2) is 4.79 Å². The Hall–Kier alpha value is -1.79. The second-order valence-corrected chi connectivity index (χ2v) is 2.74. The summed E-state index contributed by atoms with van der Waals surface area (Å²) in [5.41, 5.74) is 0.930. The Labute approximate surface area is 89.0 Å². The number of esters is 1. The van der Waals surface area contributed by atoms with Crippen molar-refractivity contribution in [3.05, 3.63) is 35.9 Å². The Morgan fingerprint density at radius 2 is 2.07 bits per heavy atom. The molecule has 0 aliphatic carbocycles. The summed E-state index contributed by atoms with van der Waals surface area (Å²) in [5, 5.41) is 0. The van der Waals surface area contributed by atoms with Gasteiger partial charge in [0.2, 0.25) is 0 Å². The third kappa shape index (κ3) is 4.84. The Morgan fingerprint density at radius 1 is 1.33 bits per heavy atom. The second-order valence-electron chi connectivity index (χ2n) is 2.74. The molecule has 1 rings (SSSR count). The molecule has 0 radical (unpaired) electrons. The number of carbonyl (C=O) groups excluding carboxylic acids is 1. The number of hydrogen-bond acceptors (Lipinski definition) is 3. The topological polar surface area (TPSA) is 35.5 Å². The van der Waals surface area contributed by atoms with Gasteiger partial charge in [0.05, 0.1) is 7.11 Å². The van der Waals surface area contributed by atoms with E-state index in [0.29, 0.717) is 0 Å². The summed E-state index contributed by atoms with van der Waals surface area (Å²) < 4.78 is 9.36. The standard InChI is InChI=1S/C12H12O3/c1-14-12(13)10-15-9-5-8-11-6-3-2-4-7-11/h2-4,6-7H,9-10H2,1H3. The highest BCUT2D eigenvalue weighted by Crippen LogP contribution is 1.94. The molecule has 0 heterocycles. The van der Waals surface area contributed by atoms with Crippen molar-refractivity contribution in [2.45, 2.75) is 0 Å². The lowest BCUT2D eigenvalue weighted by Gasteiger charge is -1.96. The van der Waals surface area contributed by atoms with Crippen LogP contribution in [0.4, 0.5) is 0 Å². The molecule has 78 valence electrons. The monoisotopic (exact) mass is 204 g/mol. The molecular weight excluding hydrogens is 192 g/mol. The predicted molar refractivity (Wildman–Crippen MR) is 56.2 cm³/mol. The maximum absolute atomic E-state index is 10.6. The molecule has 0 fully saturated rings. The highest BCUT2D eigenvalue weighted by atomic mass is 16.6. The Kier molecular flexibility index (Phi) is 4.99. The van der Waals surface area contributed by atoms with Crippen molar-refractivity contribution in [1.82, 2.24) is 0 Å². The lowest BCUT2D eigenvalue weighted by Crippen LogP contribution is -2.10. The summed E-state index contributed by atoms with van der Waals surface area (Å²) in [6, 6.07) is 9.58. The minimum Gasteiger partial charge on any atom is -0.467 e. The van der Waals surface area contributed by atoms with Gasteiger partial charge >= 0.3 is 5.97 Å². The van der Waals surface area contributed by atoms with Crippen LogP contribution in [0.25, 0.3) is 0 Å². The first kappa shape index (κ1) is 11.3. The third-order valence-electron chi connectivity index (χ3n) is 1.63. The summed E-state index contributed by atoms with van der Waals surface area (Å²) in [4.78, 5) is 10.6. The van der Waals surface area contributed by atoms with Crippen molar-refractivity contribution >= 4 is 5.97 Å². The maximum atomic E-state index is 10.6. The molecule has 0 amide bonds. The van der Waals surface area contributed by atoms with E-state index >= 15 is 0 Å². The van der Waals surface area contributed by atoms with E-state index in [4.69, 9.17) is 4.74 Å². The summed E-state index contributed by atoms with van der Waals surface area (Å²) >= 11 is 0. The Balaban J connectivity index is 2.26. The largest absolute Gasteiger partial charge is 0.467 e. The summed E-state index contributed by atoms with van der Waals surface area (Å²) in [5.74, 6) is 5.32. The first-order valence-corrected chi connectivity index (χ1v) is 4.51. The van der Waals surface area contributed by atoms with Crippen LogP contribution in [0.15, 0.2) is 30.3 Å². The first-order valence-electron chi connectivity index (χ1n) is 4.51. The number of ether oxygens (including phenoxy) is 2. The van der Waals surface area contributed by atoms with E-state index in [0.717, 1.165) is 5.56 Å². The average Bonchev–Trinajstić information content (AvgIpc) is 2.29. The minimum atomic E-state index is -0.392. The zero-order valence-electron chi connectivity index (χ0n) is 8.53. The molecule has 1 aromatic carbocycles. The quantitative estimate of drug-likeness (QED) is 0.422. The van der Waals surface area contributed by atoms with Gasteiger partial charge in [-0.2, -0.15) is 0 Å². The van der Waals surface area contributed by atoms with Gasteiger partial charge in [0, 0.05) is 5.56 Å². The fourth-order valence-corrected chi connectivity index (χ4v) is 0.904. The smallest absolute Gasteiger partial charge is 0.331 e. The second kappa shape index (κ2) is 6.63. The van der Waals surface area contributed by atoms with Crippen molar-refractivity contribution in [2.75, 3.05) is 20.3 Å². The van der Waals surface area contributed by atoms with Gasteiger partial charge in [0.1, 0.15) is 13.2 Å². The molecule has 0 aromatic heterocycles. The van der Waals surface area contributed by atoms with Crippen molar-refractivity contribution in [3.8, 4) is 11.8 Å². The highest BCUT2D eigenvalue weighted by molar-refractivity contribution is 5.70. The predicted octanol–water partition coefficient (Wildman–Crippen LogP) is 1.23. The number of rotatable bonds is 3. The number of benzene rings is 1. The zero-order valence-corrected chi connectivity index (χ0v) is 8.53. The van der Waals surface area contributed by atoms with Gasteiger partial charge in [-0.1, -0.05) is 30.0 Å². The van der Waals surface area contributed by atoms with Crippen molar-refractivity contribution in [2.24, 2.45) is 0 Å². The molecule has 0 bridgehead atoms. The van der Waals surface area contributed by atoms with E-state index in [1.807, 2.05) is 30.3 Å². The van der Waals surface area contributed by atoms with Crippen LogP contribution in [-0.4, -0.2) is 26.3 Å². The van der Waals surface area contributed by atoms with Gasteiger partial charge in [0.15, 0.2) is 0 Å². The SMILES string of the molecule is COC(=O)COCC#Cc1ccccc1. The molecule has 0 atom stereocenters. The molecule has 0 spiro atoms. The van der Waals surface area contributed by atoms with E-state index in [1.165, 1.54) is 7.11 Å². The third-order valence-corrected chi connectivity index (χ3v) is 1.63.